The van der Waals surface area contributed by atoms with Crippen molar-refractivity contribution >= 4 is 28.5 Å². The van der Waals surface area contributed by atoms with Crippen molar-refractivity contribution < 1.29 is 9.59 Å². The van der Waals surface area contributed by atoms with Crippen LogP contribution in [0.1, 0.15) is 24.6 Å². The molecule has 1 aromatic heterocycles. The molecule has 29 heavy (non-hydrogen) atoms. The first-order valence-electron chi connectivity index (χ1n) is 9.59. The van der Waals surface area contributed by atoms with Crippen molar-refractivity contribution in [3.05, 3.63) is 70.1 Å². The Kier molecular flexibility index (Phi) is 6.39. The third-order valence-electron chi connectivity index (χ3n) is 4.49. The van der Waals surface area contributed by atoms with E-state index in [0.29, 0.717) is 23.3 Å². The smallest absolute Gasteiger partial charge is 0.273 e. The molecule has 0 atom stereocenters. The third kappa shape index (κ3) is 5.07. The van der Waals surface area contributed by atoms with Crippen LogP contribution in [-0.4, -0.2) is 27.9 Å². The second kappa shape index (κ2) is 9.14. The molecule has 0 aliphatic carbocycles. The highest BCUT2D eigenvalue weighted by Gasteiger charge is 2.15. The van der Waals surface area contributed by atoms with Crippen molar-refractivity contribution in [3.63, 3.8) is 0 Å². The van der Waals surface area contributed by atoms with Gasteiger partial charge in [-0.1, -0.05) is 24.3 Å². The molecule has 0 aliphatic heterocycles. The minimum atomic E-state index is -0.354. The Bertz CT molecular complexity index is 1100. The van der Waals surface area contributed by atoms with Crippen molar-refractivity contribution in [2.75, 3.05) is 11.9 Å². The van der Waals surface area contributed by atoms with Crippen LogP contribution in [0.2, 0.25) is 0 Å². The van der Waals surface area contributed by atoms with Crippen LogP contribution >= 0.6 is 0 Å². The van der Waals surface area contributed by atoms with Gasteiger partial charge in [-0.3, -0.25) is 19.0 Å². The van der Waals surface area contributed by atoms with Gasteiger partial charge in [-0.25, -0.2) is 4.98 Å². The molecule has 7 heteroatoms. The fraction of sp³-hybridized carbons (Fsp3) is 0.273. The Balaban J connectivity index is 1.89. The lowest BCUT2D eigenvalue weighted by Crippen LogP contribution is -2.32. The Hall–Kier alpha value is -3.48. The lowest BCUT2D eigenvalue weighted by Gasteiger charge is -2.13. The van der Waals surface area contributed by atoms with E-state index >= 15 is 0 Å². The molecule has 3 rings (SSSR count). The predicted molar refractivity (Wildman–Crippen MR) is 113 cm³/mol. The molecule has 0 aliphatic rings. The molecule has 1 heterocycles. The van der Waals surface area contributed by atoms with Crippen LogP contribution < -0.4 is 16.2 Å². The van der Waals surface area contributed by atoms with Gasteiger partial charge in [0.05, 0.1) is 11.0 Å². The summed E-state index contributed by atoms with van der Waals surface area (Å²) in [6, 6.07) is 14.6. The number of benzene rings is 2. The molecule has 2 amide bonds. The van der Waals surface area contributed by atoms with E-state index in [1.807, 2.05) is 38.1 Å². The number of amides is 2. The molecule has 7 nitrogen and oxygen atoms in total. The van der Waals surface area contributed by atoms with E-state index in [2.05, 4.69) is 15.6 Å². The largest absolute Gasteiger partial charge is 0.356 e. The molecule has 3 aromatic rings. The molecule has 0 unspecified atom stereocenters. The average molecular weight is 392 g/mol. The van der Waals surface area contributed by atoms with Crippen molar-refractivity contribution in [1.82, 2.24) is 14.9 Å². The Morgan fingerprint density at radius 1 is 1.07 bits per heavy atom. The quantitative estimate of drug-likeness (QED) is 0.646. The predicted octanol–water partition coefficient (Wildman–Crippen LogP) is 2.41. The fourth-order valence-electron chi connectivity index (χ4n) is 3.15. The number of aryl methyl sites for hydroxylation is 2. The maximum atomic E-state index is 13.0. The second-order valence-corrected chi connectivity index (χ2v) is 6.81. The van der Waals surface area contributed by atoms with Crippen molar-refractivity contribution in [1.29, 1.82) is 0 Å². The fourth-order valence-corrected chi connectivity index (χ4v) is 3.15. The molecule has 0 fully saturated rings. The minimum absolute atomic E-state index is 0.134. The molecule has 150 valence electrons. The van der Waals surface area contributed by atoms with Gasteiger partial charge in [0.25, 0.3) is 5.56 Å². The van der Waals surface area contributed by atoms with E-state index < -0.39 is 0 Å². The van der Waals surface area contributed by atoms with Crippen LogP contribution in [0.25, 0.3) is 11.0 Å². The van der Waals surface area contributed by atoms with Gasteiger partial charge in [-0.15, -0.1) is 0 Å². The Labute approximate surface area is 168 Å². The van der Waals surface area contributed by atoms with E-state index in [1.54, 1.807) is 24.3 Å². The SMILES string of the molecule is CCNC(=O)CCc1nc2ccccc2n(CC(=O)Nc2cccc(C)c2)c1=O. The highest BCUT2D eigenvalue weighted by molar-refractivity contribution is 5.91. The first-order chi connectivity index (χ1) is 14.0. The van der Waals surface area contributed by atoms with Gasteiger partial charge < -0.3 is 10.6 Å². The van der Waals surface area contributed by atoms with Gasteiger partial charge in [0.2, 0.25) is 11.8 Å². The zero-order valence-corrected chi connectivity index (χ0v) is 16.6. The highest BCUT2D eigenvalue weighted by Crippen LogP contribution is 2.13. The van der Waals surface area contributed by atoms with Crippen LogP contribution in [-0.2, 0) is 22.6 Å². The number of hydrogen-bond acceptors (Lipinski definition) is 4. The lowest BCUT2D eigenvalue weighted by molar-refractivity contribution is -0.121. The van der Waals surface area contributed by atoms with Gasteiger partial charge in [-0.2, -0.15) is 0 Å². The molecule has 2 N–H and O–H groups in total. The van der Waals surface area contributed by atoms with Crippen molar-refractivity contribution in [2.45, 2.75) is 33.2 Å². The van der Waals surface area contributed by atoms with Crippen LogP contribution in [0.3, 0.4) is 0 Å². The summed E-state index contributed by atoms with van der Waals surface area (Å²) in [5, 5.41) is 5.54. The van der Waals surface area contributed by atoms with Crippen LogP contribution in [0, 0.1) is 6.92 Å². The summed E-state index contributed by atoms with van der Waals surface area (Å²) in [7, 11) is 0. The van der Waals surface area contributed by atoms with Crippen LogP contribution in [0.15, 0.2) is 53.3 Å². The van der Waals surface area contributed by atoms with Crippen LogP contribution in [0.5, 0.6) is 0 Å². The average Bonchev–Trinajstić information content (AvgIpc) is 2.69. The molecular weight excluding hydrogens is 368 g/mol. The Morgan fingerprint density at radius 3 is 2.62 bits per heavy atom. The maximum absolute atomic E-state index is 13.0. The molecule has 0 bridgehead atoms. The number of nitrogens with zero attached hydrogens (tertiary/aromatic N) is 2. The molecule has 0 radical (unpaired) electrons. The number of anilines is 1. The van der Waals surface area contributed by atoms with Gasteiger partial charge in [0.15, 0.2) is 0 Å². The number of carbonyl (C=O) groups excluding carboxylic acids is 2. The summed E-state index contributed by atoms with van der Waals surface area (Å²) in [6.45, 7) is 4.18. The maximum Gasteiger partial charge on any atom is 0.273 e. The first-order valence-corrected chi connectivity index (χ1v) is 9.59. The number of carbonyl (C=O) groups is 2. The van der Waals surface area contributed by atoms with Gasteiger partial charge in [0.1, 0.15) is 12.2 Å². The standard InChI is InChI=1S/C22H24N4O3/c1-3-23-20(27)12-11-18-22(29)26(19-10-5-4-9-17(19)25-18)14-21(28)24-16-8-6-7-15(2)13-16/h4-10,13H,3,11-12,14H2,1-2H3,(H,23,27)(H,24,28). The number of hydrogen-bond donors (Lipinski definition) is 2. The molecular formula is C22H24N4O3. The molecule has 0 spiro atoms. The second-order valence-electron chi connectivity index (χ2n) is 6.81. The first kappa shape index (κ1) is 20.3. The number of rotatable bonds is 7. The van der Waals surface area contributed by atoms with E-state index in [9.17, 15) is 14.4 Å². The topological polar surface area (TPSA) is 93.1 Å². The zero-order chi connectivity index (χ0) is 20.8. The third-order valence-corrected chi connectivity index (χ3v) is 4.49. The summed E-state index contributed by atoms with van der Waals surface area (Å²) in [5.41, 5.74) is 2.82. The molecule has 2 aromatic carbocycles. The van der Waals surface area contributed by atoms with Crippen LogP contribution in [0.4, 0.5) is 5.69 Å². The number of nitrogens with one attached hydrogen (secondary N) is 2. The monoisotopic (exact) mass is 392 g/mol. The summed E-state index contributed by atoms with van der Waals surface area (Å²) in [6.07, 6.45) is 0.388. The van der Waals surface area contributed by atoms with Crippen molar-refractivity contribution in [3.8, 4) is 0 Å². The number of fused-ring (bicyclic) bond motifs is 1. The van der Waals surface area contributed by atoms with Gasteiger partial charge in [0, 0.05) is 25.1 Å². The van der Waals surface area contributed by atoms with Crippen molar-refractivity contribution in [2.24, 2.45) is 0 Å². The Morgan fingerprint density at radius 2 is 1.86 bits per heavy atom. The van der Waals surface area contributed by atoms with Gasteiger partial charge >= 0.3 is 0 Å². The molecule has 0 saturated heterocycles. The van der Waals surface area contributed by atoms with Gasteiger partial charge in [-0.05, 0) is 43.7 Å². The zero-order valence-electron chi connectivity index (χ0n) is 16.6. The normalized spacial score (nSPS) is 10.7. The minimum Gasteiger partial charge on any atom is -0.356 e. The van der Waals surface area contributed by atoms with E-state index in [-0.39, 0.29) is 42.5 Å². The summed E-state index contributed by atoms with van der Waals surface area (Å²) < 4.78 is 1.42. The van der Waals surface area contributed by atoms with E-state index in [0.717, 1.165) is 5.56 Å². The highest BCUT2D eigenvalue weighted by atomic mass is 16.2. The summed E-state index contributed by atoms with van der Waals surface area (Å²) in [5.74, 6) is -0.436. The summed E-state index contributed by atoms with van der Waals surface area (Å²) >= 11 is 0. The number of para-hydroxylation sites is 2. The summed E-state index contributed by atoms with van der Waals surface area (Å²) in [4.78, 5) is 41.8. The van der Waals surface area contributed by atoms with E-state index in [4.69, 9.17) is 0 Å². The lowest BCUT2D eigenvalue weighted by atomic mass is 10.2. The molecule has 0 saturated carbocycles. The van der Waals surface area contributed by atoms with E-state index in [1.165, 1.54) is 4.57 Å². The number of aromatic nitrogens is 2.